The standard InChI is InChI=1S/C22H27N3O/c1-14-7-15(2)25(24-14)20-5-3-19(4-6-20)21(26)23-22-11-16-8-17(12-22)10-18(9-16)13-22/h3-7,16-18H,8-13H2,1-2H3,(H,23,26). The van der Waals surface area contributed by atoms with E-state index in [2.05, 4.69) is 16.5 Å². The Morgan fingerprint density at radius 3 is 2.12 bits per heavy atom. The van der Waals surface area contributed by atoms with E-state index >= 15 is 0 Å². The Morgan fingerprint density at radius 2 is 1.62 bits per heavy atom. The first-order chi connectivity index (χ1) is 12.5. The number of carbonyl (C=O) groups is 1. The first-order valence-corrected chi connectivity index (χ1v) is 9.96. The zero-order valence-electron chi connectivity index (χ0n) is 15.7. The van der Waals surface area contributed by atoms with Crippen LogP contribution in [0.1, 0.15) is 60.3 Å². The second kappa shape index (κ2) is 5.70. The molecule has 1 amide bonds. The summed E-state index contributed by atoms with van der Waals surface area (Å²) in [6.45, 7) is 4.05. The second-order valence-corrected chi connectivity index (χ2v) is 9.04. The van der Waals surface area contributed by atoms with Gasteiger partial charge in [-0.15, -0.1) is 0 Å². The highest BCUT2D eigenvalue weighted by Crippen LogP contribution is 2.55. The van der Waals surface area contributed by atoms with Gasteiger partial charge in [-0.2, -0.15) is 5.10 Å². The molecule has 4 bridgehead atoms. The molecule has 0 atom stereocenters. The van der Waals surface area contributed by atoms with Crippen LogP contribution in [-0.4, -0.2) is 21.2 Å². The molecule has 0 radical (unpaired) electrons. The molecule has 4 saturated carbocycles. The van der Waals surface area contributed by atoms with Gasteiger partial charge >= 0.3 is 0 Å². The summed E-state index contributed by atoms with van der Waals surface area (Å²) in [5, 5.41) is 7.97. The SMILES string of the molecule is Cc1cc(C)n(-c2ccc(C(=O)NC34CC5CC(CC(C5)C3)C4)cc2)n1. The van der Waals surface area contributed by atoms with Gasteiger partial charge in [0.2, 0.25) is 0 Å². The Balaban J connectivity index is 1.34. The van der Waals surface area contributed by atoms with Crippen LogP contribution in [0.4, 0.5) is 0 Å². The molecule has 4 heteroatoms. The molecular formula is C22H27N3O. The van der Waals surface area contributed by atoms with Crippen molar-refractivity contribution < 1.29 is 4.79 Å². The highest BCUT2D eigenvalue weighted by Gasteiger charge is 2.51. The number of carbonyl (C=O) groups excluding carboxylic acids is 1. The molecule has 4 fully saturated rings. The summed E-state index contributed by atoms with van der Waals surface area (Å²) in [6.07, 6.45) is 7.75. The number of hydrogen-bond donors (Lipinski definition) is 1. The number of amides is 1. The van der Waals surface area contributed by atoms with E-state index < -0.39 is 0 Å². The lowest BCUT2D eigenvalue weighted by Crippen LogP contribution is -2.59. The van der Waals surface area contributed by atoms with Gasteiger partial charge in [0.05, 0.1) is 11.4 Å². The van der Waals surface area contributed by atoms with Crippen LogP contribution < -0.4 is 5.32 Å². The topological polar surface area (TPSA) is 46.9 Å². The third kappa shape index (κ3) is 2.67. The fraction of sp³-hybridized carbons (Fsp3) is 0.545. The molecule has 0 unspecified atom stereocenters. The van der Waals surface area contributed by atoms with Gasteiger partial charge in [0.15, 0.2) is 0 Å². The number of aryl methyl sites for hydroxylation is 2. The summed E-state index contributed by atoms with van der Waals surface area (Å²) in [5.41, 5.74) is 3.94. The molecule has 2 aromatic rings. The number of nitrogens with one attached hydrogen (secondary N) is 1. The van der Waals surface area contributed by atoms with Crippen molar-refractivity contribution in [1.29, 1.82) is 0 Å². The van der Waals surface area contributed by atoms with Crippen molar-refractivity contribution in [2.45, 2.75) is 57.9 Å². The largest absolute Gasteiger partial charge is 0.347 e. The molecule has 4 aliphatic carbocycles. The average molecular weight is 349 g/mol. The summed E-state index contributed by atoms with van der Waals surface area (Å²) >= 11 is 0. The predicted molar refractivity (Wildman–Crippen MR) is 101 cm³/mol. The van der Waals surface area contributed by atoms with Crippen LogP contribution in [0.25, 0.3) is 5.69 Å². The van der Waals surface area contributed by atoms with Crippen molar-refractivity contribution in [2.24, 2.45) is 17.8 Å². The van der Waals surface area contributed by atoms with Gasteiger partial charge in [-0.25, -0.2) is 4.68 Å². The van der Waals surface area contributed by atoms with Crippen molar-refractivity contribution in [3.63, 3.8) is 0 Å². The molecule has 0 saturated heterocycles. The summed E-state index contributed by atoms with van der Waals surface area (Å²) in [4.78, 5) is 12.9. The number of hydrogen-bond acceptors (Lipinski definition) is 2. The fourth-order valence-electron chi connectivity index (χ4n) is 6.22. The van der Waals surface area contributed by atoms with Gasteiger partial charge in [-0.05, 0) is 100 Å². The highest BCUT2D eigenvalue weighted by molar-refractivity contribution is 5.94. The molecule has 0 spiro atoms. The molecule has 26 heavy (non-hydrogen) atoms. The van der Waals surface area contributed by atoms with Crippen molar-refractivity contribution in [2.75, 3.05) is 0 Å². The summed E-state index contributed by atoms with van der Waals surface area (Å²) in [7, 11) is 0. The van der Waals surface area contributed by atoms with Crippen LogP contribution in [-0.2, 0) is 0 Å². The molecule has 1 aromatic heterocycles. The summed E-state index contributed by atoms with van der Waals surface area (Å²) in [6, 6.07) is 9.92. The van der Waals surface area contributed by atoms with E-state index in [4.69, 9.17) is 0 Å². The minimum absolute atomic E-state index is 0.0696. The van der Waals surface area contributed by atoms with E-state index in [1.807, 2.05) is 42.8 Å². The Morgan fingerprint density at radius 1 is 1.04 bits per heavy atom. The predicted octanol–water partition coefficient (Wildman–Crippen LogP) is 4.19. The molecule has 1 aromatic carbocycles. The van der Waals surface area contributed by atoms with Gasteiger partial charge in [0.1, 0.15) is 0 Å². The van der Waals surface area contributed by atoms with Crippen LogP contribution in [0, 0.1) is 31.6 Å². The van der Waals surface area contributed by atoms with Gasteiger partial charge in [-0.3, -0.25) is 4.79 Å². The monoisotopic (exact) mass is 349 g/mol. The fourth-order valence-corrected chi connectivity index (χ4v) is 6.22. The summed E-state index contributed by atoms with van der Waals surface area (Å²) < 4.78 is 1.93. The van der Waals surface area contributed by atoms with Crippen LogP contribution in [0.5, 0.6) is 0 Å². The van der Waals surface area contributed by atoms with Crippen LogP contribution in [0.2, 0.25) is 0 Å². The Bertz CT molecular complexity index is 813. The molecule has 0 aliphatic heterocycles. The van der Waals surface area contributed by atoms with E-state index in [0.717, 1.165) is 40.4 Å². The molecule has 6 rings (SSSR count). The minimum Gasteiger partial charge on any atom is -0.347 e. The van der Waals surface area contributed by atoms with E-state index in [1.165, 1.54) is 38.5 Å². The van der Waals surface area contributed by atoms with Crippen molar-refractivity contribution in [3.05, 3.63) is 47.3 Å². The van der Waals surface area contributed by atoms with Gasteiger partial charge in [0.25, 0.3) is 5.91 Å². The van der Waals surface area contributed by atoms with Crippen molar-refractivity contribution >= 4 is 5.91 Å². The van der Waals surface area contributed by atoms with Crippen molar-refractivity contribution in [1.82, 2.24) is 15.1 Å². The van der Waals surface area contributed by atoms with Gasteiger partial charge < -0.3 is 5.32 Å². The highest BCUT2D eigenvalue weighted by atomic mass is 16.1. The third-order valence-corrected chi connectivity index (χ3v) is 6.80. The lowest BCUT2D eigenvalue weighted by Gasteiger charge is -2.56. The van der Waals surface area contributed by atoms with E-state index in [1.54, 1.807) is 0 Å². The maximum atomic E-state index is 12.9. The maximum absolute atomic E-state index is 12.9. The van der Waals surface area contributed by atoms with Gasteiger partial charge in [-0.1, -0.05) is 0 Å². The number of nitrogens with zero attached hydrogens (tertiary/aromatic N) is 2. The first-order valence-electron chi connectivity index (χ1n) is 9.96. The van der Waals surface area contributed by atoms with Crippen LogP contribution in [0.15, 0.2) is 30.3 Å². The van der Waals surface area contributed by atoms with Crippen LogP contribution >= 0.6 is 0 Å². The smallest absolute Gasteiger partial charge is 0.251 e. The molecule has 1 heterocycles. The average Bonchev–Trinajstić information content (AvgIpc) is 2.91. The van der Waals surface area contributed by atoms with Crippen LogP contribution in [0.3, 0.4) is 0 Å². The quantitative estimate of drug-likeness (QED) is 0.903. The van der Waals surface area contributed by atoms with E-state index in [9.17, 15) is 4.79 Å². The zero-order valence-corrected chi connectivity index (χ0v) is 15.7. The normalized spacial score (nSPS) is 32.0. The Kier molecular flexibility index (Phi) is 3.53. The van der Waals surface area contributed by atoms with E-state index in [-0.39, 0.29) is 11.4 Å². The second-order valence-electron chi connectivity index (χ2n) is 9.04. The number of rotatable bonds is 3. The lowest BCUT2D eigenvalue weighted by atomic mass is 9.53. The molecule has 136 valence electrons. The molecule has 1 N–H and O–H groups in total. The number of benzene rings is 1. The van der Waals surface area contributed by atoms with Gasteiger partial charge in [0, 0.05) is 16.8 Å². The minimum atomic E-state index is 0.0696. The first kappa shape index (κ1) is 16.1. The Labute approximate surface area is 155 Å². The number of aromatic nitrogens is 2. The molecule has 4 aliphatic rings. The molecule has 4 nitrogen and oxygen atoms in total. The third-order valence-electron chi connectivity index (χ3n) is 6.80. The van der Waals surface area contributed by atoms with E-state index in [0.29, 0.717) is 0 Å². The Hall–Kier alpha value is -2.10. The maximum Gasteiger partial charge on any atom is 0.251 e. The zero-order chi connectivity index (χ0) is 17.9. The lowest BCUT2D eigenvalue weighted by molar-refractivity contribution is -0.0167. The summed E-state index contributed by atoms with van der Waals surface area (Å²) in [5.74, 6) is 2.62. The molecular weight excluding hydrogens is 322 g/mol. The van der Waals surface area contributed by atoms with Crippen molar-refractivity contribution in [3.8, 4) is 5.69 Å².